The smallest absolute Gasteiger partial charge is 0.326 e. The quantitative estimate of drug-likeness (QED) is 0.524. The van der Waals surface area contributed by atoms with Crippen LogP contribution in [0.5, 0.6) is 0 Å². The highest BCUT2D eigenvalue weighted by Crippen LogP contribution is 1.93. The molecular weight excluding hydrogens is 232 g/mol. The van der Waals surface area contributed by atoms with Crippen molar-refractivity contribution in [1.82, 2.24) is 10.2 Å². The zero-order chi connectivity index (χ0) is 13.6. The van der Waals surface area contributed by atoms with Gasteiger partial charge in [0.1, 0.15) is 6.04 Å². The van der Waals surface area contributed by atoms with Crippen LogP contribution in [-0.4, -0.2) is 58.5 Å². The summed E-state index contributed by atoms with van der Waals surface area (Å²) >= 11 is 0. The summed E-state index contributed by atoms with van der Waals surface area (Å²) in [5, 5.41) is 19.1. The van der Waals surface area contributed by atoms with E-state index in [1.54, 1.807) is 0 Å². The lowest BCUT2D eigenvalue weighted by Gasteiger charge is -2.17. The summed E-state index contributed by atoms with van der Waals surface area (Å²) in [6, 6.07) is -1.50. The third-order valence-electron chi connectivity index (χ3n) is 1.93. The first kappa shape index (κ1) is 14.9. The van der Waals surface area contributed by atoms with Crippen LogP contribution in [0.3, 0.4) is 0 Å². The van der Waals surface area contributed by atoms with Crippen molar-refractivity contribution in [2.45, 2.75) is 19.4 Å². The van der Waals surface area contributed by atoms with E-state index in [0.29, 0.717) is 0 Å². The first-order chi connectivity index (χ1) is 7.73. The molecular formula is C9H14N2O6. The molecule has 0 aliphatic heterocycles. The van der Waals surface area contributed by atoms with Gasteiger partial charge in [0, 0.05) is 14.0 Å². The van der Waals surface area contributed by atoms with Gasteiger partial charge >= 0.3 is 11.9 Å². The topological polar surface area (TPSA) is 124 Å². The maximum absolute atomic E-state index is 11.3. The van der Waals surface area contributed by atoms with Crippen LogP contribution in [0.25, 0.3) is 0 Å². The number of carboxylic acids is 2. The molecule has 96 valence electrons. The molecule has 0 heterocycles. The second-order valence-corrected chi connectivity index (χ2v) is 3.43. The van der Waals surface area contributed by atoms with E-state index in [1.165, 1.54) is 14.0 Å². The lowest BCUT2D eigenvalue weighted by atomic mass is 10.2. The highest BCUT2D eigenvalue weighted by atomic mass is 16.4. The van der Waals surface area contributed by atoms with Crippen molar-refractivity contribution in [3.63, 3.8) is 0 Å². The number of nitrogens with zero attached hydrogens (tertiary/aromatic N) is 1. The number of hydrogen-bond acceptors (Lipinski definition) is 4. The third-order valence-corrected chi connectivity index (χ3v) is 1.93. The second kappa shape index (κ2) is 6.46. The Kier molecular flexibility index (Phi) is 5.65. The first-order valence-electron chi connectivity index (χ1n) is 4.69. The minimum Gasteiger partial charge on any atom is -0.481 e. The molecule has 8 nitrogen and oxygen atoms in total. The van der Waals surface area contributed by atoms with Gasteiger partial charge < -0.3 is 20.4 Å². The van der Waals surface area contributed by atoms with Crippen molar-refractivity contribution in [3.8, 4) is 0 Å². The molecule has 0 aliphatic rings. The van der Waals surface area contributed by atoms with Crippen LogP contribution in [0.2, 0.25) is 0 Å². The highest BCUT2D eigenvalue weighted by Gasteiger charge is 2.23. The lowest BCUT2D eigenvalue weighted by molar-refractivity contribution is -0.147. The molecule has 8 heteroatoms. The molecule has 1 atom stereocenters. The van der Waals surface area contributed by atoms with Gasteiger partial charge in [-0.3, -0.25) is 14.4 Å². The zero-order valence-electron chi connectivity index (χ0n) is 9.47. The Morgan fingerprint density at radius 3 is 2.12 bits per heavy atom. The molecule has 0 aromatic rings. The molecule has 0 saturated carbocycles. The van der Waals surface area contributed by atoms with E-state index in [9.17, 15) is 19.2 Å². The minimum atomic E-state index is -1.50. The number of carboxylic acid groups (broad SMARTS) is 2. The molecule has 17 heavy (non-hydrogen) atoms. The number of hydrogen-bond donors (Lipinski definition) is 3. The van der Waals surface area contributed by atoms with Crippen molar-refractivity contribution in [2.75, 3.05) is 13.6 Å². The summed E-state index contributed by atoms with van der Waals surface area (Å²) in [7, 11) is 1.37. The Morgan fingerprint density at radius 1 is 1.24 bits per heavy atom. The van der Waals surface area contributed by atoms with Crippen LogP contribution in [-0.2, 0) is 19.2 Å². The standard InChI is InChI=1S/C9H14N2O6/c1-5(12)11(2)4-7(13)10-6(9(16)17)3-8(14)15/h6H,3-4H2,1-2H3,(H,10,13)(H,14,15)(H,16,17). The monoisotopic (exact) mass is 246 g/mol. The van der Waals surface area contributed by atoms with Gasteiger partial charge in [-0.05, 0) is 0 Å². The van der Waals surface area contributed by atoms with Gasteiger partial charge in [-0.1, -0.05) is 0 Å². The second-order valence-electron chi connectivity index (χ2n) is 3.43. The number of aliphatic carboxylic acids is 2. The molecule has 0 aromatic carbocycles. The fourth-order valence-corrected chi connectivity index (χ4v) is 0.941. The lowest BCUT2D eigenvalue weighted by Crippen LogP contribution is -2.46. The molecule has 2 amide bonds. The summed E-state index contributed by atoms with van der Waals surface area (Å²) in [6.45, 7) is 0.929. The van der Waals surface area contributed by atoms with Gasteiger partial charge in [-0.15, -0.1) is 0 Å². The van der Waals surface area contributed by atoms with E-state index in [-0.39, 0.29) is 12.5 Å². The van der Waals surface area contributed by atoms with Gasteiger partial charge in [0.15, 0.2) is 0 Å². The molecule has 0 aromatic heterocycles. The van der Waals surface area contributed by atoms with Gasteiger partial charge in [0.25, 0.3) is 0 Å². The average molecular weight is 246 g/mol. The summed E-state index contributed by atoms with van der Waals surface area (Å²) in [6.07, 6.45) is -0.717. The van der Waals surface area contributed by atoms with Gasteiger partial charge in [0.2, 0.25) is 11.8 Å². The number of nitrogens with one attached hydrogen (secondary N) is 1. The van der Waals surface area contributed by atoms with E-state index in [1.807, 2.05) is 5.32 Å². The predicted octanol–water partition coefficient (Wildman–Crippen LogP) is -1.49. The molecule has 0 saturated heterocycles. The van der Waals surface area contributed by atoms with Crippen molar-refractivity contribution in [1.29, 1.82) is 0 Å². The Morgan fingerprint density at radius 2 is 1.76 bits per heavy atom. The van der Waals surface area contributed by atoms with Crippen LogP contribution >= 0.6 is 0 Å². The van der Waals surface area contributed by atoms with Crippen LogP contribution in [0.15, 0.2) is 0 Å². The highest BCUT2D eigenvalue weighted by molar-refractivity contribution is 5.89. The molecule has 0 bridgehead atoms. The number of carbonyl (C=O) groups is 4. The van der Waals surface area contributed by atoms with E-state index in [4.69, 9.17) is 10.2 Å². The van der Waals surface area contributed by atoms with Crippen molar-refractivity contribution in [2.24, 2.45) is 0 Å². The predicted molar refractivity (Wildman–Crippen MR) is 55.1 cm³/mol. The minimum absolute atomic E-state index is 0.321. The number of amides is 2. The number of likely N-dealkylation sites (N-methyl/N-ethyl adjacent to an activating group) is 1. The van der Waals surface area contributed by atoms with Crippen LogP contribution in [0.4, 0.5) is 0 Å². The Balaban J connectivity index is 4.36. The Bertz CT molecular complexity index is 340. The van der Waals surface area contributed by atoms with Crippen molar-refractivity contribution < 1.29 is 29.4 Å². The zero-order valence-corrected chi connectivity index (χ0v) is 9.47. The van der Waals surface area contributed by atoms with Gasteiger partial charge in [0.05, 0.1) is 13.0 Å². The average Bonchev–Trinajstić information content (AvgIpc) is 2.15. The maximum atomic E-state index is 11.3. The van der Waals surface area contributed by atoms with E-state index < -0.39 is 30.3 Å². The maximum Gasteiger partial charge on any atom is 0.326 e. The SMILES string of the molecule is CC(=O)N(C)CC(=O)NC(CC(=O)O)C(=O)O. The Labute approximate surface area is 97.2 Å². The van der Waals surface area contributed by atoms with Crippen LogP contribution < -0.4 is 5.32 Å². The molecule has 0 fully saturated rings. The van der Waals surface area contributed by atoms with E-state index in [0.717, 1.165) is 4.90 Å². The third kappa shape index (κ3) is 6.13. The first-order valence-corrected chi connectivity index (χ1v) is 4.69. The summed E-state index contributed by atoms with van der Waals surface area (Å²) in [5.41, 5.74) is 0. The fraction of sp³-hybridized carbons (Fsp3) is 0.556. The van der Waals surface area contributed by atoms with E-state index >= 15 is 0 Å². The molecule has 0 spiro atoms. The fourth-order valence-electron chi connectivity index (χ4n) is 0.941. The number of carbonyl (C=O) groups excluding carboxylic acids is 2. The summed E-state index contributed by atoms with van der Waals surface area (Å²) in [5.74, 6) is -3.86. The van der Waals surface area contributed by atoms with Crippen molar-refractivity contribution in [3.05, 3.63) is 0 Å². The normalized spacial score (nSPS) is 11.4. The van der Waals surface area contributed by atoms with Gasteiger partial charge in [-0.2, -0.15) is 0 Å². The number of rotatable bonds is 6. The molecule has 0 aliphatic carbocycles. The molecule has 0 radical (unpaired) electrons. The molecule has 3 N–H and O–H groups in total. The largest absolute Gasteiger partial charge is 0.481 e. The van der Waals surface area contributed by atoms with Crippen molar-refractivity contribution >= 4 is 23.8 Å². The summed E-state index contributed by atoms with van der Waals surface area (Å²) < 4.78 is 0. The Hall–Kier alpha value is -2.12. The van der Waals surface area contributed by atoms with E-state index in [2.05, 4.69) is 0 Å². The van der Waals surface area contributed by atoms with Crippen LogP contribution in [0, 0.1) is 0 Å². The molecule has 1 unspecified atom stereocenters. The van der Waals surface area contributed by atoms with Crippen LogP contribution in [0.1, 0.15) is 13.3 Å². The summed E-state index contributed by atoms with van der Waals surface area (Å²) in [4.78, 5) is 44.2. The van der Waals surface area contributed by atoms with Gasteiger partial charge in [-0.25, -0.2) is 4.79 Å². The molecule has 0 rings (SSSR count).